The molecule has 0 aliphatic carbocycles. The SMILES string of the molecule is CC(C)(C)OC(=O)CSCC1Cc2ccccc2S1. The van der Waals surface area contributed by atoms with Gasteiger partial charge in [0, 0.05) is 15.9 Å². The summed E-state index contributed by atoms with van der Waals surface area (Å²) in [5.41, 5.74) is 1.06. The van der Waals surface area contributed by atoms with Gasteiger partial charge in [-0.25, -0.2) is 0 Å². The molecule has 0 N–H and O–H groups in total. The first-order valence-corrected chi connectivity index (χ1v) is 8.51. The first-order chi connectivity index (χ1) is 8.94. The highest BCUT2D eigenvalue weighted by molar-refractivity contribution is 8.03. The van der Waals surface area contributed by atoms with Crippen LogP contribution >= 0.6 is 23.5 Å². The fraction of sp³-hybridized carbons (Fsp3) is 0.533. The van der Waals surface area contributed by atoms with Gasteiger partial charge in [0.2, 0.25) is 0 Å². The topological polar surface area (TPSA) is 26.3 Å². The number of esters is 1. The van der Waals surface area contributed by atoms with E-state index in [0.717, 1.165) is 12.2 Å². The van der Waals surface area contributed by atoms with Crippen molar-refractivity contribution in [2.24, 2.45) is 0 Å². The summed E-state index contributed by atoms with van der Waals surface area (Å²) < 4.78 is 5.30. The van der Waals surface area contributed by atoms with Gasteiger partial charge >= 0.3 is 5.97 Å². The highest BCUT2D eigenvalue weighted by Gasteiger charge is 2.22. The molecule has 1 aromatic rings. The maximum atomic E-state index is 11.6. The predicted octanol–water partition coefficient (Wildman–Crippen LogP) is 3.78. The zero-order valence-electron chi connectivity index (χ0n) is 11.6. The van der Waals surface area contributed by atoms with E-state index < -0.39 is 0 Å². The van der Waals surface area contributed by atoms with E-state index in [-0.39, 0.29) is 11.6 Å². The number of hydrogen-bond acceptors (Lipinski definition) is 4. The van der Waals surface area contributed by atoms with Gasteiger partial charge in [-0.1, -0.05) is 18.2 Å². The molecule has 2 rings (SSSR count). The Balaban J connectivity index is 1.70. The number of fused-ring (bicyclic) bond motifs is 1. The van der Waals surface area contributed by atoms with Crippen molar-refractivity contribution >= 4 is 29.5 Å². The molecule has 0 radical (unpaired) electrons. The number of benzene rings is 1. The van der Waals surface area contributed by atoms with Crippen molar-refractivity contribution in [1.82, 2.24) is 0 Å². The minimum absolute atomic E-state index is 0.113. The Bertz CT molecular complexity index is 427. The molecule has 1 unspecified atom stereocenters. The largest absolute Gasteiger partial charge is 0.459 e. The highest BCUT2D eigenvalue weighted by atomic mass is 32.2. The lowest BCUT2D eigenvalue weighted by molar-refractivity contribution is -0.151. The molecule has 0 fully saturated rings. The van der Waals surface area contributed by atoms with Crippen LogP contribution < -0.4 is 0 Å². The third-order valence-corrected chi connectivity index (χ3v) is 5.27. The van der Waals surface area contributed by atoms with Crippen molar-refractivity contribution in [1.29, 1.82) is 0 Å². The van der Waals surface area contributed by atoms with E-state index in [1.807, 2.05) is 32.5 Å². The molecule has 0 aromatic heterocycles. The van der Waals surface area contributed by atoms with Gasteiger partial charge in [0.15, 0.2) is 0 Å². The summed E-state index contributed by atoms with van der Waals surface area (Å²) in [5, 5.41) is 0.588. The Labute approximate surface area is 123 Å². The van der Waals surface area contributed by atoms with Crippen LogP contribution in [0.15, 0.2) is 29.2 Å². The van der Waals surface area contributed by atoms with Crippen molar-refractivity contribution < 1.29 is 9.53 Å². The highest BCUT2D eigenvalue weighted by Crippen LogP contribution is 2.38. The van der Waals surface area contributed by atoms with Gasteiger partial charge in [0.1, 0.15) is 5.60 Å². The van der Waals surface area contributed by atoms with Crippen molar-refractivity contribution in [2.75, 3.05) is 11.5 Å². The molecule has 1 heterocycles. The van der Waals surface area contributed by atoms with Crippen LogP contribution in [0.3, 0.4) is 0 Å². The molecule has 1 aromatic carbocycles. The molecule has 1 aliphatic heterocycles. The summed E-state index contributed by atoms with van der Waals surface area (Å²) >= 11 is 3.60. The normalized spacial score (nSPS) is 18.2. The van der Waals surface area contributed by atoms with E-state index in [9.17, 15) is 4.79 Å². The number of ether oxygens (including phenoxy) is 1. The molecule has 0 amide bonds. The smallest absolute Gasteiger partial charge is 0.316 e. The number of rotatable bonds is 4. The van der Waals surface area contributed by atoms with Gasteiger partial charge in [-0.2, -0.15) is 0 Å². The van der Waals surface area contributed by atoms with Crippen LogP contribution in [-0.2, 0) is 16.0 Å². The molecular weight excluding hydrogens is 276 g/mol. The second-order valence-electron chi connectivity index (χ2n) is 5.65. The summed E-state index contributed by atoms with van der Waals surface area (Å²) in [5.74, 6) is 1.33. The van der Waals surface area contributed by atoms with Gasteiger partial charge in [-0.15, -0.1) is 23.5 Å². The third kappa shape index (κ3) is 4.77. The van der Waals surface area contributed by atoms with E-state index in [1.165, 1.54) is 10.5 Å². The fourth-order valence-electron chi connectivity index (χ4n) is 1.99. The lowest BCUT2D eigenvalue weighted by atomic mass is 10.1. The van der Waals surface area contributed by atoms with Crippen molar-refractivity contribution in [3.8, 4) is 0 Å². The summed E-state index contributed by atoms with van der Waals surface area (Å²) in [6, 6.07) is 8.55. The standard InChI is InChI=1S/C15H20O2S2/c1-15(2,3)17-14(16)10-18-9-12-8-11-6-4-5-7-13(11)19-12/h4-7,12H,8-10H2,1-3H3. The zero-order chi connectivity index (χ0) is 13.9. The van der Waals surface area contributed by atoms with Gasteiger partial charge < -0.3 is 4.74 Å². The van der Waals surface area contributed by atoms with Crippen molar-refractivity contribution in [3.63, 3.8) is 0 Å². The molecule has 104 valence electrons. The van der Waals surface area contributed by atoms with Gasteiger partial charge in [0.25, 0.3) is 0 Å². The maximum Gasteiger partial charge on any atom is 0.316 e. The second-order valence-corrected chi connectivity index (χ2v) is 8.03. The van der Waals surface area contributed by atoms with Gasteiger partial charge in [-0.05, 0) is 38.8 Å². The molecule has 0 saturated heterocycles. The second kappa shape index (κ2) is 6.23. The average molecular weight is 296 g/mol. The number of carbonyl (C=O) groups excluding carboxylic acids is 1. The minimum atomic E-state index is -0.379. The van der Waals surface area contributed by atoms with E-state index in [0.29, 0.717) is 11.0 Å². The van der Waals surface area contributed by atoms with E-state index in [1.54, 1.807) is 11.8 Å². The fourth-order valence-corrected chi connectivity index (χ4v) is 4.36. The molecule has 2 nitrogen and oxygen atoms in total. The van der Waals surface area contributed by atoms with E-state index >= 15 is 0 Å². The van der Waals surface area contributed by atoms with Crippen LogP contribution in [0.4, 0.5) is 0 Å². The lowest BCUT2D eigenvalue weighted by Crippen LogP contribution is -2.25. The molecule has 0 spiro atoms. The maximum absolute atomic E-state index is 11.6. The average Bonchev–Trinajstić information content (AvgIpc) is 2.68. The molecule has 1 aliphatic rings. The first-order valence-electron chi connectivity index (χ1n) is 6.48. The zero-order valence-corrected chi connectivity index (χ0v) is 13.3. The van der Waals surface area contributed by atoms with Crippen LogP contribution in [0.5, 0.6) is 0 Å². The van der Waals surface area contributed by atoms with Crippen LogP contribution in [-0.4, -0.2) is 28.3 Å². The molecule has 1 atom stereocenters. The van der Waals surface area contributed by atoms with Crippen LogP contribution in [0.2, 0.25) is 0 Å². The Hall–Kier alpha value is -0.610. The van der Waals surface area contributed by atoms with Crippen molar-refractivity contribution in [2.45, 2.75) is 42.9 Å². The van der Waals surface area contributed by atoms with Crippen LogP contribution in [0, 0.1) is 0 Å². The van der Waals surface area contributed by atoms with E-state index in [2.05, 4.69) is 24.3 Å². The Morgan fingerprint density at radius 2 is 2.16 bits per heavy atom. The molecular formula is C15H20O2S2. The predicted molar refractivity (Wildman–Crippen MR) is 83.0 cm³/mol. The first kappa shape index (κ1) is 14.8. The molecule has 0 bridgehead atoms. The van der Waals surface area contributed by atoms with Crippen molar-refractivity contribution in [3.05, 3.63) is 29.8 Å². The Kier molecular flexibility index (Phi) is 4.85. The quantitative estimate of drug-likeness (QED) is 0.790. The molecule has 19 heavy (non-hydrogen) atoms. The molecule has 0 saturated carbocycles. The summed E-state index contributed by atoms with van der Waals surface area (Å²) in [4.78, 5) is 13.0. The lowest BCUT2D eigenvalue weighted by Gasteiger charge is -2.19. The number of carbonyl (C=O) groups is 1. The Morgan fingerprint density at radius 3 is 2.84 bits per heavy atom. The van der Waals surface area contributed by atoms with Gasteiger partial charge in [-0.3, -0.25) is 4.79 Å². The third-order valence-electron chi connectivity index (χ3n) is 2.66. The minimum Gasteiger partial charge on any atom is -0.459 e. The van der Waals surface area contributed by atoms with Crippen LogP contribution in [0.25, 0.3) is 0 Å². The summed E-state index contributed by atoms with van der Waals surface area (Å²) in [6.45, 7) is 5.71. The Morgan fingerprint density at radius 1 is 1.42 bits per heavy atom. The molecule has 4 heteroatoms. The number of hydrogen-bond donors (Lipinski definition) is 0. The summed E-state index contributed by atoms with van der Waals surface area (Å²) in [6.07, 6.45) is 1.11. The van der Waals surface area contributed by atoms with Crippen LogP contribution in [0.1, 0.15) is 26.3 Å². The van der Waals surface area contributed by atoms with E-state index in [4.69, 9.17) is 4.74 Å². The monoisotopic (exact) mass is 296 g/mol. The number of thioether (sulfide) groups is 2. The van der Waals surface area contributed by atoms with Gasteiger partial charge in [0.05, 0.1) is 5.75 Å². The summed E-state index contributed by atoms with van der Waals surface area (Å²) in [7, 11) is 0.